The van der Waals surface area contributed by atoms with E-state index < -0.39 is 5.97 Å². The van der Waals surface area contributed by atoms with Gasteiger partial charge in [0.25, 0.3) is 5.89 Å². The van der Waals surface area contributed by atoms with Crippen molar-refractivity contribution < 1.29 is 19.2 Å². The first kappa shape index (κ1) is 23.2. The van der Waals surface area contributed by atoms with Crippen molar-refractivity contribution in [3.8, 4) is 39.7 Å². The first-order valence-corrected chi connectivity index (χ1v) is 11.1. The van der Waals surface area contributed by atoms with Gasteiger partial charge in [-0.2, -0.15) is 4.98 Å². The van der Waals surface area contributed by atoms with Crippen LogP contribution in [-0.4, -0.2) is 46.3 Å². The minimum atomic E-state index is -0.849. The zero-order valence-electron chi connectivity index (χ0n) is 19.5. The molecule has 34 heavy (non-hydrogen) atoms. The van der Waals surface area contributed by atoms with E-state index in [1.807, 2.05) is 61.5 Å². The van der Waals surface area contributed by atoms with E-state index in [2.05, 4.69) is 29.2 Å². The Morgan fingerprint density at radius 1 is 1.03 bits per heavy atom. The molecule has 0 fully saturated rings. The normalized spacial score (nSPS) is 11.1. The molecule has 7 heteroatoms. The Hall–Kier alpha value is -3.97. The number of nitrogens with zero attached hydrogens (tertiary/aromatic N) is 3. The van der Waals surface area contributed by atoms with Gasteiger partial charge in [0.2, 0.25) is 5.82 Å². The number of hydrogen-bond donors (Lipinski definition) is 1. The van der Waals surface area contributed by atoms with Gasteiger partial charge in [-0.3, -0.25) is 9.69 Å². The highest BCUT2D eigenvalue weighted by Gasteiger charge is 2.15. The summed E-state index contributed by atoms with van der Waals surface area (Å²) < 4.78 is 11.5. The summed E-state index contributed by atoms with van der Waals surface area (Å²) >= 11 is 0. The lowest BCUT2D eigenvalue weighted by Gasteiger charge is -2.13. The second kappa shape index (κ2) is 10.3. The van der Waals surface area contributed by atoms with Crippen LogP contribution < -0.4 is 4.74 Å². The maximum atomic E-state index is 10.8. The summed E-state index contributed by atoms with van der Waals surface area (Å²) in [5.41, 5.74) is 5.93. The summed E-state index contributed by atoms with van der Waals surface area (Å²) in [7, 11) is 1.77. The van der Waals surface area contributed by atoms with Gasteiger partial charge in [0.15, 0.2) is 0 Å². The maximum Gasteiger partial charge on any atom is 0.317 e. The molecule has 0 bridgehead atoms. The van der Waals surface area contributed by atoms with Crippen molar-refractivity contribution in [1.29, 1.82) is 0 Å². The standard InChI is InChI=1S/C27H27N3O4/c1-4-33-24-15-21(13-14-23(24)22-8-6-5-7-18(22)2)27-28-26(29-34-27)20-11-9-19(10-12-20)16-30(3)17-25(31)32/h5-15H,4,16-17H2,1-3H3,(H,31,32). The molecule has 7 nitrogen and oxygen atoms in total. The summed E-state index contributed by atoms with van der Waals surface area (Å²) in [6.45, 7) is 5.12. The lowest BCUT2D eigenvalue weighted by molar-refractivity contribution is -0.138. The molecule has 174 valence electrons. The monoisotopic (exact) mass is 457 g/mol. The molecule has 0 unspecified atom stereocenters. The number of benzene rings is 3. The van der Waals surface area contributed by atoms with E-state index in [0.29, 0.717) is 24.9 Å². The number of carboxylic acids is 1. The third-order valence-corrected chi connectivity index (χ3v) is 5.46. The van der Waals surface area contributed by atoms with Crippen molar-refractivity contribution in [3.63, 3.8) is 0 Å². The molecule has 0 saturated heterocycles. The van der Waals surface area contributed by atoms with E-state index in [1.165, 1.54) is 5.56 Å². The lowest BCUT2D eigenvalue weighted by Crippen LogP contribution is -2.25. The van der Waals surface area contributed by atoms with Crippen LogP contribution in [0.4, 0.5) is 0 Å². The van der Waals surface area contributed by atoms with Crippen molar-refractivity contribution in [2.75, 3.05) is 20.2 Å². The third-order valence-electron chi connectivity index (χ3n) is 5.46. The van der Waals surface area contributed by atoms with Gasteiger partial charge in [-0.15, -0.1) is 0 Å². The minimum absolute atomic E-state index is 0.0116. The number of ether oxygens (including phenoxy) is 1. The van der Waals surface area contributed by atoms with Crippen LogP contribution >= 0.6 is 0 Å². The quantitative estimate of drug-likeness (QED) is 0.365. The molecule has 1 N–H and O–H groups in total. The molecule has 0 atom stereocenters. The Bertz CT molecular complexity index is 1280. The summed E-state index contributed by atoms with van der Waals surface area (Å²) in [6, 6.07) is 21.8. The molecule has 0 aliphatic heterocycles. The highest BCUT2D eigenvalue weighted by Crippen LogP contribution is 2.36. The molecule has 1 aromatic heterocycles. The summed E-state index contributed by atoms with van der Waals surface area (Å²) in [4.78, 5) is 17.2. The lowest BCUT2D eigenvalue weighted by atomic mass is 9.98. The van der Waals surface area contributed by atoms with E-state index >= 15 is 0 Å². The SMILES string of the molecule is CCOc1cc(-c2nc(-c3ccc(CN(C)CC(=O)O)cc3)no2)ccc1-c1ccccc1C. The van der Waals surface area contributed by atoms with Gasteiger partial charge >= 0.3 is 5.97 Å². The minimum Gasteiger partial charge on any atom is -0.493 e. The van der Waals surface area contributed by atoms with Crippen LogP contribution in [0.5, 0.6) is 5.75 Å². The number of likely N-dealkylation sites (N-methyl/N-ethyl adjacent to an activating group) is 1. The van der Waals surface area contributed by atoms with Gasteiger partial charge in [-0.25, -0.2) is 0 Å². The predicted molar refractivity (Wildman–Crippen MR) is 130 cm³/mol. The zero-order chi connectivity index (χ0) is 24.1. The molecule has 0 saturated carbocycles. The van der Waals surface area contributed by atoms with Crippen LogP contribution in [0, 0.1) is 6.92 Å². The average Bonchev–Trinajstić information content (AvgIpc) is 3.30. The number of aromatic nitrogens is 2. The van der Waals surface area contributed by atoms with Crippen LogP contribution in [-0.2, 0) is 11.3 Å². The van der Waals surface area contributed by atoms with Crippen molar-refractivity contribution in [2.24, 2.45) is 0 Å². The highest BCUT2D eigenvalue weighted by atomic mass is 16.5. The molecular weight excluding hydrogens is 430 g/mol. The highest BCUT2D eigenvalue weighted by molar-refractivity contribution is 5.76. The van der Waals surface area contributed by atoms with Crippen molar-refractivity contribution in [3.05, 3.63) is 77.9 Å². The number of carboxylic acid groups (broad SMARTS) is 1. The Morgan fingerprint density at radius 3 is 2.47 bits per heavy atom. The Kier molecular flexibility index (Phi) is 7.04. The van der Waals surface area contributed by atoms with Crippen LogP contribution in [0.25, 0.3) is 34.0 Å². The van der Waals surface area contributed by atoms with Crippen molar-refractivity contribution >= 4 is 5.97 Å². The molecule has 0 aliphatic rings. The predicted octanol–water partition coefficient (Wildman–Crippen LogP) is 5.29. The van der Waals surface area contributed by atoms with Crippen molar-refractivity contribution in [1.82, 2.24) is 15.0 Å². The Balaban J connectivity index is 1.56. The van der Waals surface area contributed by atoms with E-state index in [0.717, 1.165) is 33.6 Å². The average molecular weight is 458 g/mol. The molecule has 4 rings (SSSR count). The number of carbonyl (C=O) groups is 1. The van der Waals surface area contributed by atoms with E-state index in [9.17, 15) is 4.79 Å². The van der Waals surface area contributed by atoms with Gasteiger partial charge in [0, 0.05) is 23.2 Å². The largest absolute Gasteiger partial charge is 0.493 e. The Morgan fingerprint density at radius 2 is 1.76 bits per heavy atom. The second-order valence-electron chi connectivity index (χ2n) is 8.14. The maximum absolute atomic E-state index is 10.8. The third kappa shape index (κ3) is 5.32. The fourth-order valence-electron chi connectivity index (χ4n) is 3.84. The second-order valence-corrected chi connectivity index (χ2v) is 8.14. The summed E-state index contributed by atoms with van der Waals surface area (Å²) in [5.74, 6) is 0.820. The number of rotatable bonds is 9. The number of aryl methyl sites for hydroxylation is 1. The van der Waals surface area contributed by atoms with Gasteiger partial charge in [-0.1, -0.05) is 53.7 Å². The zero-order valence-corrected chi connectivity index (χ0v) is 19.5. The summed E-state index contributed by atoms with van der Waals surface area (Å²) in [5, 5.41) is 13.1. The molecule has 3 aromatic carbocycles. The van der Waals surface area contributed by atoms with E-state index in [1.54, 1.807) is 11.9 Å². The summed E-state index contributed by atoms with van der Waals surface area (Å²) in [6.07, 6.45) is 0. The number of aliphatic carboxylic acids is 1. The topological polar surface area (TPSA) is 88.7 Å². The molecule has 1 heterocycles. The van der Waals surface area contributed by atoms with Crippen LogP contribution in [0.15, 0.2) is 71.3 Å². The fourth-order valence-corrected chi connectivity index (χ4v) is 3.84. The molecule has 0 spiro atoms. The molecule has 0 radical (unpaired) electrons. The smallest absolute Gasteiger partial charge is 0.317 e. The van der Waals surface area contributed by atoms with E-state index in [-0.39, 0.29) is 6.54 Å². The molecular formula is C27H27N3O4. The first-order chi connectivity index (χ1) is 16.4. The van der Waals surface area contributed by atoms with Crippen LogP contribution in [0.2, 0.25) is 0 Å². The molecule has 0 amide bonds. The molecule has 0 aliphatic carbocycles. The van der Waals surface area contributed by atoms with Gasteiger partial charge in [-0.05, 0) is 55.8 Å². The van der Waals surface area contributed by atoms with Crippen LogP contribution in [0.3, 0.4) is 0 Å². The fraction of sp³-hybridized carbons (Fsp3) is 0.222. The molecule has 4 aromatic rings. The van der Waals surface area contributed by atoms with Gasteiger partial charge < -0.3 is 14.4 Å². The van der Waals surface area contributed by atoms with Gasteiger partial charge in [0.1, 0.15) is 5.75 Å². The number of hydrogen-bond acceptors (Lipinski definition) is 6. The van der Waals surface area contributed by atoms with Crippen LogP contribution in [0.1, 0.15) is 18.1 Å². The van der Waals surface area contributed by atoms with Gasteiger partial charge in [0.05, 0.1) is 13.2 Å². The Labute approximate surface area is 198 Å². The first-order valence-electron chi connectivity index (χ1n) is 11.1. The van der Waals surface area contributed by atoms with E-state index in [4.69, 9.17) is 14.4 Å². The van der Waals surface area contributed by atoms with Crippen molar-refractivity contribution in [2.45, 2.75) is 20.4 Å².